The fourth-order valence-corrected chi connectivity index (χ4v) is 2.78. The molecule has 0 unspecified atom stereocenters. The van der Waals surface area contributed by atoms with Gasteiger partial charge >= 0.3 is 0 Å². The van der Waals surface area contributed by atoms with Crippen molar-refractivity contribution in [3.63, 3.8) is 0 Å². The van der Waals surface area contributed by atoms with Gasteiger partial charge < -0.3 is 4.98 Å². The van der Waals surface area contributed by atoms with E-state index in [1.807, 2.05) is 11.8 Å². The fourth-order valence-electron chi connectivity index (χ4n) is 1.54. The van der Waals surface area contributed by atoms with Gasteiger partial charge in [-0.1, -0.05) is 18.2 Å². The molecule has 1 aromatic carbocycles. The summed E-state index contributed by atoms with van der Waals surface area (Å²) >= 11 is 7.55. The van der Waals surface area contributed by atoms with Gasteiger partial charge in [-0.2, -0.15) is 0 Å². The lowest BCUT2D eigenvalue weighted by Crippen LogP contribution is -1.80. The van der Waals surface area contributed by atoms with Gasteiger partial charge in [0.05, 0.1) is 0 Å². The van der Waals surface area contributed by atoms with Gasteiger partial charge in [-0.05, 0) is 24.7 Å². The lowest BCUT2D eigenvalue weighted by atomic mass is 10.2. The molecule has 0 atom stereocenters. The molecular formula is C12H14ClNS. The van der Waals surface area contributed by atoms with Crippen LogP contribution in [0.2, 0.25) is 0 Å². The molecule has 0 bridgehead atoms. The number of fused-ring (bicyclic) bond motifs is 1. The third kappa shape index (κ3) is 2.70. The molecule has 1 N–H and O–H groups in total. The number of nitrogens with one attached hydrogen (secondary N) is 1. The number of aromatic amines is 1. The van der Waals surface area contributed by atoms with E-state index < -0.39 is 0 Å². The second kappa shape index (κ2) is 5.47. The Bertz CT molecular complexity index is 424. The molecular weight excluding hydrogens is 226 g/mol. The van der Waals surface area contributed by atoms with Crippen LogP contribution in [0.1, 0.15) is 12.8 Å². The first kappa shape index (κ1) is 10.9. The molecule has 0 fully saturated rings. The van der Waals surface area contributed by atoms with Gasteiger partial charge in [0.15, 0.2) is 0 Å². The molecule has 3 heteroatoms. The van der Waals surface area contributed by atoms with Crippen LogP contribution in [0, 0.1) is 0 Å². The van der Waals surface area contributed by atoms with Crippen LogP contribution >= 0.6 is 23.4 Å². The maximum Gasteiger partial charge on any atom is 0.0465 e. The topological polar surface area (TPSA) is 15.8 Å². The highest BCUT2D eigenvalue weighted by Crippen LogP contribution is 2.28. The van der Waals surface area contributed by atoms with Crippen LogP contribution < -0.4 is 0 Å². The molecule has 0 spiro atoms. The minimum atomic E-state index is 0.772. The number of benzene rings is 1. The molecule has 0 radical (unpaired) electrons. The summed E-state index contributed by atoms with van der Waals surface area (Å²) in [5, 5.41) is 1.33. The normalized spacial score (nSPS) is 11.0. The van der Waals surface area contributed by atoms with Crippen LogP contribution in [-0.2, 0) is 0 Å². The summed E-state index contributed by atoms with van der Waals surface area (Å²) in [6.45, 7) is 0. The van der Waals surface area contributed by atoms with Crippen molar-refractivity contribution in [1.29, 1.82) is 0 Å². The average molecular weight is 240 g/mol. The Hall–Kier alpha value is -0.600. The van der Waals surface area contributed by atoms with Gasteiger partial charge in [0.2, 0.25) is 0 Å². The standard InChI is InChI=1S/C12H14ClNS/c13-7-3-4-8-15-12-9-14-11-6-2-1-5-10(11)12/h1-2,5-6,9,14H,3-4,7-8H2. The summed E-state index contributed by atoms with van der Waals surface area (Å²) in [4.78, 5) is 4.63. The van der Waals surface area contributed by atoms with E-state index >= 15 is 0 Å². The third-order valence-electron chi connectivity index (χ3n) is 2.34. The Morgan fingerprint density at radius 2 is 2.07 bits per heavy atom. The molecule has 0 aliphatic rings. The highest BCUT2D eigenvalue weighted by molar-refractivity contribution is 7.99. The van der Waals surface area contributed by atoms with Gasteiger partial charge in [0.25, 0.3) is 0 Å². The molecule has 2 aromatic rings. The molecule has 0 aliphatic heterocycles. The van der Waals surface area contributed by atoms with E-state index in [4.69, 9.17) is 11.6 Å². The maximum atomic E-state index is 5.64. The molecule has 0 saturated heterocycles. The van der Waals surface area contributed by atoms with Crippen LogP contribution in [0.3, 0.4) is 0 Å². The summed E-state index contributed by atoms with van der Waals surface area (Å²) in [5.41, 5.74) is 1.22. The molecule has 2 rings (SSSR count). The van der Waals surface area contributed by atoms with Gasteiger partial charge in [-0.25, -0.2) is 0 Å². The van der Waals surface area contributed by atoms with E-state index in [-0.39, 0.29) is 0 Å². The van der Waals surface area contributed by atoms with E-state index in [2.05, 4.69) is 35.4 Å². The molecule has 1 heterocycles. The van der Waals surface area contributed by atoms with E-state index in [0.717, 1.165) is 18.1 Å². The van der Waals surface area contributed by atoms with Crippen molar-refractivity contribution in [3.8, 4) is 0 Å². The lowest BCUT2D eigenvalue weighted by molar-refractivity contribution is 0.903. The average Bonchev–Trinajstić information content (AvgIpc) is 2.68. The van der Waals surface area contributed by atoms with E-state index in [9.17, 15) is 0 Å². The first-order chi connectivity index (χ1) is 7.42. The third-order valence-corrected chi connectivity index (χ3v) is 3.75. The zero-order valence-corrected chi connectivity index (χ0v) is 10.1. The van der Waals surface area contributed by atoms with Crippen molar-refractivity contribution >= 4 is 34.3 Å². The highest BCUT2D eigenvalue weighted by atomic mass is 35.5. The summed E-state index contributed by atoms with van der Waals surface area (Å²) in [6.07, 6.45) is 4.39. The largest absolute Gasteiger partial charge is 0.360 e. The zero-order valence-electron chi connectivity index (χ0n) is 8.50. The molecule has 15 heavy (non-hydrogen) atoms. The van der Waals surface area contributed by atoms with E-state index in [0.29, 0.717) is 0 Å². The predicted octanol–water partition coefficient (Wildman–Crippen LogP) is 4.28. The fraction of sp³-hybridized carbons (Fsp3) is 0.333. The van der Waals surface area contributed by atoms with Crippen LogP contribution in [0.5, 0.6) is 0 Å². The van der Waals surface area contributed by atoms with Gasteiger partial charge in [-0.15, -0.1) is 23.4 Å². The van der Waals surface area contributed by atoms with Crippen LogP contribution in [-0.4, -0.2) is 16.6 Å². The van der Waals surface area contributed by atoms with Crippen molar-refractivity contribution in [1.82, 2.24) is 4.98 Å². The molecule has 80 valence electrons. The minimum absolute atomic E-state index is 0.772. The van der Waals surface area contributed by atoms with Crippen LogP contribution in [0.25, 0.3) is 10.9 Å². The Balaban J connectivity index is 2.02. The SMILES string of the molecule is ClCCCCSc1c[nH]c2ccccc12. The number of rotatable bonds is 5. The van der Waals surface area contributed by atoms with Crippen molar-refractivity contribution in [3.05, 3.63) is 30.5 Å². The number of thioether (sulfide) groups is 1. The number of aromatic nitrogens is 1. The van der Waals surface area contributed by atoms with E-state index in [1.54, 1.807) is 0 Å². The Kier molecular flexibility index (Phi) is 3.98. The Morgan fingerprint density at radius 3 is 2.93 bits per heavy atom. The molecule has 1 aromatic heterocycles. The number of unbranched alkanes of at least 4 members (excludes halogenated alkanes) is 1. The second-order valence-electron chi connectivity index (χ2n) is 3.44. The maximum absolute atomic E-state index is 5.64. The lowest BCUT2D eigenvalue weighted by Gasteiger charge is -1.98. The first-order valence-electron chi connectivity index (χ1n) is 5.16. The number of para-hydroxylation sites is 1. The van der Waals surface area contributed by atoms with Crippen LogP contribution in [0.15, 0.2) is 35.4 Å². The first-order valence-corrected chi connectivity index (χ1v) is 6.68. The molecule has 0 amide bonds. The van der Waals surface area contributed by atoms with Gasteiger partial charge in [0, 0.05) is 27.9 Å². The van der Waals surface area contributed by atoms with E-state index in [1.165, 1.54) is 22.2 Å². The van der Waals surface area contributed by atoms with Crippen molar-refractivity contribution in [2.45, 2.75) is 17.7 Å². The number of H-pyrrole nitrogens is 1. The summed E-state index contributed by atoms with van der Waals surface area (Å²) in [5.74, 6) is 1.92. The smallest absolute Gasteiger partial charge is 0.0465 e. The summed E-state index contributed by atoms with van der Waals surface area (Å²) < 4.78 is 0. The molecule has 0 saturated carbocycles. The number of hydrogen-bond donors (Lipinski definition) is 1. The van der Waals surface area contributed by atoms with Crippen molar-refractivity contribution in [2.75, 3.05) is 11.6 Å². The predicted molar refractivity (Wildman–Crippen MR) is 69.0 cm³/mol. The number of hydrogen-bond acceptors (Lipinski definition) is 1. The number of halogens is 1. The van der Waals surface area contributed by atoms with Crippen molar-refractivity contribution in [2.24, 2.45) is 0 Å². The van der Waals surface area contributed by atoms with Crippen LogP contribution in [0.4, 0.5) is 0 Å². The molecule has 1 nitrogen and oxygen atoms in total. The monoisotopic (exact) mass is 239 g/mol. The molecule has 0 aliphatic carbocycles. The highest BCUT2D eigenvalue weighted by Gasteiger charge is 2.02. The van der Waals surface area contributed by atoms with Crippen molar-refractivity contribution < 1.29 is 0 Å². The quantitative estimate of drug-likeness (QED) is 0.468. The van der Waals surface area contributed by atoms with Gasteiger partial charge in [0.1, 0.15) is 0 Å². The minimum Gasteiger partial charge on any atom is -0.360 e. The Morgan fingerprint density at radius 1 is 1.20 bits per heavy atom. The second-order valence-corrected chi connectivity index (χ2v) is 4.96. The zero-order chi connectivity index (χ0) is 10.5. The number of alkyl halides is 1. The van der Waals surface area contributed by atoms with Gasteiger partial charge in [-0.3, -0.25) is 0 Å². The summed E-state index contributed by atoms with van der Waals surface area (Å²) in [7, 11) is 0. The summed E-state index contributed by atoms with van der Waals surface area (Å²) in [6, 6.07) is 8.41. The Labute approximate surface area is 99.2 Å².